The van der Waals surface area contributed by atoms with Crippen LogP contribution in [0, 0.1) is 0 Å². The van der Waals surface area contributed by atoms with Crippen LogP contribution < -0.4 is 5.32 Å². The lowest BCUT2D eigenvalue weighted by atomic mass is 10.1. The van der Waals surface area contributed by atoms with Gasteiger partial charge in [-0.2, -0.15) is 13.2 Å². The number of halogens is 3. The van der Waals surface area contributed by atoms with Gasteiger partial charge in [0.2, 0.25) is 5.82 Å². The topological polar surface area (TPSA) is 63.6 Å². The summed E-state index contributed by atoms with van der Waals surface area (Å²) in [6.45, 7) is 0. The fourth-order valence-corrected chi connectivity index (χ4v) is 1.28. The van der Waals surface area contributed by atoms with Gasteiger partial charge >= 0.3 is 6.18 Å². The average molecular weight is 255 g/mol. The van der Waals surface area contributed by atoms with Crippen LogP contribution >= 0.6 is 0 Å². The molecule has 0 unspecified atom stereocenters. The van der Waals surface area contributed by atoms with E-state index >= 15 is 0 Å². The summed E-state index contributed by atoms with van der Waals surface area (Å²) in [6, 6.07) is 4.69. The Labute approximate surface area is 100 Å². The van der Waals surface area contributed by atoms with Crippen molar-refractivity contribution in [2.45, 2.75) is 6.18 Å². The lowest BCUT2D eigenvalue weighted by Gasteiger charge is -2.07. The summed E-state index contributed by atoms with van der Waals surface area (Å²) >= 11 is 0. The standard InChI is InChI=1S/C10H8F3N5/c1-14-9-17-15-8(16-18-9)6-3-2-4-7(5-6)10(11,12)13/h2-5H,1H3,(H,14,17,18). The number of nitrogens with zero attached hydrogens (tertiary/aromatic N) is 4. The fraction of sp³-hybridized carbons (Fsp3) is 0.200. The van der Waals surface area contributed by atoms with Crippen LogP contribution in [0.25, 0.3) is 11.4 Å². The van der Waals surface area contributed by atoms with Crippen molar-refractivity contribution in [1.29, 1.82) is 0 Å². The molecule has 0 aliphatic rings. The maximum Gasteiger partial charge on any atom is 0.416 e. The minimum absolute atomic E-state index is 0.0418. The third-order valence-electron chi connectivity index (χ3n) is 2.15. The van der Waals surface area contributed by atoms with Crippen molar-refractivity contribution in [3.63, 3.8) is 0 Å². The summed E-state index contributed by atoms with van der Waals surface area (Å²) in [6.07, 6.45) is -4.40. The molecule has 0 aliphatic carbocycles. The van der Waals surface area contributed by atoms with Crippen LogP contribution in [0.1, 0.15) is 5.56 Å². The molecule has 8 heteroatoms. The van der Waals surface area contributed by atoms with E-state index in [0.29, 0.717) is 0 Å². The predicted octanol–water partition coefficient (Wildman–Crippen LogP) is 1.99. The van der Waals surface area contributed by atoms with E-state index in [-0.39, 0.29) is 17.3 Å². The van der Waals surface area contributed by atoms with E-state index in [1.54, 1.807) is 7.05 Å². The molecule has 0 saturated carbocycles. The lowest BCUT2D eigenvalue weighted by molar-refractivity contribution is -0.137. The first-order valence-corrected chi connectivity index (χ1v) is 4.93. The third-order valence-corrected chi connectivity index (χ3v) is 2.15. The largest absolute Gasteiger partial charge is 0.416 e. The molecule has 0 spiro atoms. The first kappa shape index (κ1) is 12.2. The summed E-state index contributed by atoms with van der Waals surface area (Å²) in [5.41, 5.74) is -0.547. The Hall–Kier alpha value is -2.25. The van der Waals surface area contributed by atoms with Gasteiger partial charge < -0.3 is 5.32 Å². The molecule has 1 N–H and O–H groups in total. The minimum Gasteiger partial charge on any atom is -0.355 e. The molecule has 0 radical (unpaired) electrons. The molecule has 0 fully saturated rings. The second-order valence-corrected chi connectivity index (χ2v) is 3.38. The molecule has 0 aliphatic heterocycles. The van der Waals surface area contributed by atoms with Gasteiger partial charge in [-0.1, -0.05) is 12.1 Å². The minimum atomic E-state index is -4.40. The van der Waals surface area contributed by atoms with E-state index in [0.717, 1.165) is 12.1 Å². The van der Waals surface area contributed by atoms with Gasteiger partial charge in [0.15, 0.2) is 0 Å². The predicted molar refractivity (Wildman–Crippen MR) is 57.6 cm³/mol. The zero-order chi connectivity index (χ0) is 13.2. The summed E-state index contributed by atoms with van der Waals surface area (Å²) in [4.78, 5) is 0. The lowest BCUT2D eigenvalue weighted by Crippen LogP contribution is -2.06. The highest BCUT2D eigenvalue weighted by molar-refractivity contribution is 5.55. The maximum absolute atomic E-state index is 12.5. The van der Waals surface area contributed by atoms with Crippen LogP contribution in [0.2, 0.25) is 0 Å². The molecule has 2 aromatic rings. The number of anilines is 1. The van der Waals surface area contributed by atoms with Crippen molar-refractivity contribution in [1.82, 2.24) is 20.4 Å². The highest BCUT2D eigenvalue weighted by Gasteiger charge is 2.30. The van der Waals surface area contributed by atoms with Crippen molar-refractivity contribution < 1.29 is 13.2 Å². The number of rotatable bonds is 2. The van der Waals surface area contributed by atoms with Crippen LogP contribution in [-0.2, 0) is 6.18 Å². The normalized spacial score (nSPS) is 11.3. The Balaban J connectivity index is 2.38. The summed E-state index contributed by atoms with van der Waals surface area (Å²) in [7, 11) is 1.59. The maximum atomic E-state index is 12.5. The molecule has 1 aromatic heterocycles. The molecule has 0 amide bonds. The molecule has 0 atom stereocenters. The zero-order valence-electron chi connectivity index (χ0n) is 9.23. The molecule has 2 rings (SSSR count). The van der Waals surface area contributed by atoms with Gasteiger partial charge in [-0.3, -0.25) is 0 Å². The number of nitrogens with one attached hydrogen (secondary N) is 1. The van der Waals surface area contributed by atoms with Gasteiger partial charge in [-0.25, -0.2) is 0 Å². The smallest absolute Gasteiger partial charge is 0.355 e. The van der Waals surface area contributed by atoms with Gasteiger partial charge in [-0.15, -0.1) is 20.4 Å². The zero-order valence-corrected chi connectivity index (χ0v) is 9.23. The SMILES string of the molecule is CNc1nnc(-c2cccc(C(F)(F)F)c2)nn1. The van der Waals surface area contributed by atoms with Gasteiger partial charge in [0.05, 0.1) is 5.56 Å². The average Bonchev–Trinajstić information content (AvgIpc) is 2.38. The van der Waals surface area contributed by atoms with Crippen molar-refractivity contribution >= 4 is 5.95 Å². The van der Waals surface area contributed by atoms with Crippen LogP contribution in [-0.4, -0.2) is 27.4 Å². The number of hydrogen-bond acceptors (Lipinski definition) is 5. The number of hydrogen-bond donors (Lipinski definition) is 1. The number of aromatic nitrogens is 4. The second-order valence-electron chi connectivity index (χ2n) is 3.38. The monoisotopic (exact) mass is 255 g/mol. The Morgan fingerprint density at radius 3 is 2.28 bits per heavy atom. The molecule has 18 heavy (non-hydrogen) atoms. The van der Waals surface area contributed by atoms with Crippen LogP contribution in [0.4, 0.5) is 19.1 Å². The molecule has 1 aromatic carbocycles. The molecule has 1 heterocycles. The van der Waals surface area contributed by atoms with E-state index in [9.17, 15) is 13.2 Å². The van der Waals surface area contributed by atoms with E-state index in [4.69, 9.17) is 0 Å². The van der Waals surface area contributed by atoms with Gasteiger partial charge in [0.25, 0.3) is 5.95 Å². The fourth-order valence-electron chi connectivity index (χ4n) is 1.28. The molecular weight excluding hydrogens is 247 g/mol. The van der Waals surface area contributed by atoms with Crippen LogP contribution in [0.5, 0.6) is 0 Å². The Morgan fingerprint density at radius 1 is 1.06 bits per heavy atom. The number of alkyl halides is 3. The quantitative estimate of drug-likeness (QED) is 0.889. The molecular formula is C10H8F3N5. The first-order chi connectivity index (χ1) is 8.50. The molecule has 5 nitrogen and oxygen atoms in total. The van der Waals surface area contributed by atoms with Crippen molar-refractivity contribution in [2.24, 2.45) is 0 Å². The Kier molecular flexibility index (Phi) is 3.09. The van der Waals surface area contributed by atoms with Crippen molar-refractivity contribution in [2.75, 3.05) is 12.4 Å². The third kappa shape index (κ3) is 2.53. The summed E-state index contributed by atoms with van der Waals surface area (Å²) in [5.74, 6) is 0.242. The Morgan fingerprint density at radius 2 is 1.72 bits per heavy atom. The number of benzene rings is 1. The van der Waals surface area contributed by atoms with Crippen molar-refractivity contribution in [3.8, 4) is 11.4 Å². The van der Waals surface area contributed by atoms with Crippen LogP contribution in [0.3, 0.4) is 0 Å². The van der Waals surface area contributed by atoms with E-state index in [2.05, 4.69) is 25.7 Å². The van der Waals surface area contributed by atoms with E-state index in [1.165, 1.54) is 12.1 Å². The molecule has 0 saturated heterocycles. The summed E-state index contributed by atoms with van der Waals surface area (Å²) in [5, 5.41) is 17.3. The molecule has 94 valence electrons. The van der Waals surface area contributed by atoms with Gasteiger partial charge in [0, 0.05) is 12.6 Å². The second kappa shape index (κ2) is 4.55. The van der Waals surface area contributed by atoms with E-state index in [1.807, 2.05) is 0 Å². The summed E-state index contributed by atoms with van der Waals surface area (Å²) < 4.78 is 37.6. The van der Waals surface area contributed by atoms with Crippen LogP contribution in [0.15, 0.2) is 24.3 Å². The van der Waals surface area contributed by atoms with E-state index < -0.39 is 11.7 Å². The highest BCUT2D eigenvalue weighted by Crippen LogP contribution is 2.31. The highest BCUT2D eigenvalue weighted by atomic mass is 19.4. The van der Waals surface area contributed by atoms with Gasteiger partial charge in [0.1, 0.15) is 0 Å². The van der Waals surface area contributed by atoms with Crippen molar-refractivity contribution in [3.05, 3.63) is 29.8 Å². The van der Waals surface area contributed by atoms with Gasteiger partial charge in [-0.05, 0) is 12.1 Å². The first-order valence-electron chi connectivity index (χ1n) is 4.93. The molecule has 0 bridgehead atoms. The Bertz CT molecular complexity index is 538.